The van der Waals surface area contributed by atoms with Gasteiger partial charge in [0.2, 0.25) is 0 Å². The Morgan fingerprint density at radius 3 is 2.42 bits per heavy atom. The molecule has 0 spiro atoms. The third-order valence-corrected chi connectivity index (χ3v) is 6.49. The summed E-state index contributed by atoms with van der Waals surface area (Å²) in [5.74, 6) is 0.788. The van der Waals surface area contributed by atoms with Crippen LogP contribution < -0.4 is 15.0 Å². The van der Waals surface area contributed by atoms with Gasteiger partial charge in [-0.25, -0.2) is 0 Å². The van der Waals surface area contributed by atoms with Gasteiger partial charge >= 0.3 is 6.01 Å². The minimum atomic E-state index is -0.296. The third kappa shape index (κ3) is 5.11. The van der Waals surface area contributed by atoms with Gasteiger partial charge in [-0.3, -0.25) is 9.36 Å². The molecule has 0 unspecified atom stereocenters. The Morgan fingerprint density at radius 1 is 1.03 bits per heavy atom. The van der Waals surface area contributed by atoms with E-state index in [0.717, 1.165) is 36.3 Å². The van der Waals surface area contributed by atoms with Gasteiger partial charge in [-0.15, -0.1) is 0 Å². The minimum Gasteiger partial charge on any atom is -0.490 e. The van der Waals surface area contributed by atoms with Gasteiger partial charge in [-0.2, -0.15) is 4.98 Å². The van der Waals surface area contributed by atoms with E-state index in [1.54, 1.807) is 6.07 Å². The summed E-state index contributed by atoms with van der Waals surface area (Å²) in [5, 5.41) is 0. The second kappa shape index (κ2) is 9.79. The molecule has 1 saturated carbocycles. The van der Waals surface area contributed by atoms with E-state index in [4.69, 9.17) is 14.2 Å². The average Bonchev–Trinajstić information content (AvgIpc) is 3.51. The van der Waals surface area contributed by atoms with Gasteiger partial charge in [-0.05, 0) is 48.1 Å². The standard InChI is InChI=1S/C27H30N2O4/c1-2-19-7-9-20(10-8-19)21-11-13-24(14-12-21)32-18-25-16-29-22(15-26(30)28-27(29)33-25)17-31-23-5-3-4-6-23/h7-15,23,25H,2-6,16-18H2,1H3/t25-/m0/s1. The maximum absolute atomic E-state index is 12.0. The van der Waals surface area contributed by atoms with E-state index in [9.17, 15) is 4.79 Å². The summed E-state index contributed by atoms with van der Waals surface area (Å²) in [6.07, 6.45) is 5.75. The van der Waals surface area contributed by atoms with Crippen LogP contribution in [-0.4, -0.2) is 28.4 Å². The fraction of sp³-hybridized carbons (Fsp3) is 0.407. The van der Waals surface area contributed by atoms with Crippen LogP contribution in [0, 0.1) is 0 Å². The minimum absolute atomic E-state index is 0.203. The number of aromatic nitrogens is 2. The number of hydrogen-bond acceptors (Lipinski definition) is 5. The Hall–Kier alpha value is -3.12. The summed E-state index contributed by atoms with van der Waals surface area (Å²) in [4.78, 5) is 16.1. The largest absolute Gasteiger partial charge is 0.490 e. The summed E-state index contributed by atoms with van der Waals surface area (Å²) >= 11 is 0. The second-order valence-electron chi connectivity index (χ2n) is 8.82. The van der Waals surface area contributed by atoms with Gasteiger partial charge in [0.15, 0.2) is 6.10 Å². The molecular formula is C27H30N2O4. The molecule has 172 valence electrons. The molecule has 6 heteroatoms. The van der Waals surface area contributed by atoms with E-state index in [1.165, 1.54) is 24.0 Å². The molecule has 2 aromatic carbocycles. The van der Waals surface area contributed by atoms with E-state index in [-0.39, 0.29) is 11.7 Å². The first-order valence-corrected chi connectivity index (χ1v) is 11.9. The molecule has 1 fully saturated rings. The van der Waals surface area contributed by atoms with E-state index >= 15 is 0 Å². The number of aryl methyl sites for hydroxylation is 1. The van der Waals surface area contributed by atoms with Crippen LogP contribution in [0.25, 0.3) is 11.1 Å². The predicted octanol–water partition coefficient (Wildman–Crippen LogP) is 4.77. The van der Waals surface area contributed by atoms with E-state index < -0.39 is 0 Å². The van der Waals surface area contributed by atoms with Crippen LogP contribution in [0.15, 0.2) is 59.4 Å². The highest BCUT2D eigenvalue weighted by atomic mass is 16.6. The third-order valence-electron chi connectivity index (χ3n) is 6.49. The number of ether oxygens (including phenoxy) is 3. The van der Waals surface area contributed by atoms with E-state index in [1.807, 2.05) is 16.7 Å². The van der Waals surface area contributed by atoms with Gasteiger partial charge < -0.3 is 14.2 Å². The lowest BCUT2D eigenvalue weighted by Crippen LogP contribution is -2.23. The molecule has 1 aliphatic carbocycles. The highest BCUT2D eigenvalue weighted by Crippen LogP contribution is 2.26. The zero-order valence-corrected chi connectivity index (χ0v) is 19.0. The van der Waals surface area contributed by atoms with Crippen molar-refractivity contribution in [3.63, 3.8) is 0 Å². The fourth-order valence-corrected chi connectivity index (χ4v) is 4.54. The van der Waals surface area contributed by atoms with Gasteiger partial charge in [0.1, 0.15) is 12.4 Å². The first-order chi connectivity index (χ1) is 16.2. The topological polar surface area (TPSA) is 62.6 Å². The number of rotatable bonds is 8. The van der Waals surface area contributed by atoms with Crippen LogP contribution in [0.2, 0.25) is 0 Å². The highest BCUT2D eigenvalue weighted by Gasteiger charge is 2.27. The number of hydrogen-bond donors (Lipinski definition) is 0. The molecule has 0 N–H and O–H groups in total. The van der Waals surface area contributed by atoms with Crippen molar-refractivity contribution in [1.82, 2.24) is 9.55 Å². The van der Waals surface area contributed by atoms with Crippen molar-refractivity contribution in [3.05, 3.63) is 76.2 Å². The molecule has 2 aliphatic rings. The van der Waals surface area contributed by atoms with Gasteiger partial charge in [-0.1, -0.05) is 56.2 Å². The Labute approximate surface area is 194 Å². The quantitative estimate of drug-likeness (QED) is 0.499. The molecule has 33 heavy (non-hydrogen) atoms. The van der Waals surface area contributed by atoms with Crippen molar-refractivity contribution in [2.45, 2.75) is 64.4 Å². The van der Waals surface area contributed by atoms with Gasteiger partial charge in [0, 0.05) is 6.07 Å². The van der Waals surface area contributed by atoms with Gasteiger partial charge in [0.05, 0.1) is 24.9 Å². The normalized spacial score (nSPS) is 17.7. The smallest absolute Gasteiger partial charge is 0.300 e. The van der Waals surface area contributed by atoms with Crippen molar-refractivity contribution in [2.75, 3.05) is 6.61 Å². The second-order valence-corrected chi connectivity index (χ2v) is 8.82. The van der Waals surface area contributed by atoms with Gasteiger partial charge in [0.25, 0.3) is 5.56 Å². The first kappa shape index (κ1) is 21.7. The summed E-state index contributed by atoms with van der Waals surface area (Å²) in [6.45, 7) is 3.54. The van der Waals surface area contributed by atoms with Crippen molar-refractivity contribution < 1.29 is 14.2 Å². The van der Waals surface area contributed by atoms with Crippen LogP contribution >= 0.6 is 0 Å². The van der Waals surface area contributed by atoms with Crippen molar-refractivity contribution in [2.24, 2.45) is 0 Å². The summed E-state index contributed by atoms with van der Waals surface area (Å²) in [7, 11) is 0. The molecule has 3 aromatic rings. The number of fused-ring (bicyclic) bond motifs is 1. The average molecular weight is 447 g/mol. The lowest BCUT2D eigenvalue weighted by molar-refractivity contribution is 0.0418. The Morgan fingerprint density at radius 2 is 1.73 bits per heavy atom. The lowest BCUT2D eigenvalue weighted by atomic mass is 10.0. The van der Waals surface area contributed by atoms with Crippen molar-refractivity contribution >= 4 is 0 Å². The first-order valence-electron chi connectivity index (χ1n) is 11.9. The Bertz CT molecular complexity index is 1130. The Kier molecular flexibility index (Phi) is 6.44. The summed E-state index contributed by atoms with van der Waals surface area (Å²) < 4.78 is 19.9. The number of nitrogens with zero attached hydrogens (tertiary/aromatic N) is 2. The molecule has 5 rings (SSSR count). The monoisotopic (exact) mass is 446 g/mol. The molecule has 0 radical (unpaired) electrons. The molecule has 1 atom stereocenters. The molecule has 1 aliphatic heterocycles. The van der Waals surface area contributed by atoms with Crippen LogP contribution in [0.5, 0.6) is 11.8 Å². The van der Waals surface area contributed by atoms with Crippen LogP contribution in [0.3, 0.4) is 0 Å². The zero-order valence-electron chi connectivity index (χ0n) is 19.0. The highest BCUT2D eigenvalue weighted by molar-refractivity contribution is 5.64. The van der Waals surface area contributed by atoms with Crippen molar-refractivity contribution in [3.8, 4) is 22.9 Å². The molecular weight excluding hydrogens is 416 g/mol. The molecule has 1 aromatic heterocycles. The molecule has 2 heterocycles. The van der Waals surface area contributed by atoms with Crippen molar-refractivity contribution in [1.29, 1.82) is 0 Å². The van der Waals surface area contributed by atoms with Crippen LogP contribution in [-0.2, 0) is 24.3 Å². The van der Waals surface area contributed by atoms with E-state index in [2.05, 4.69) is 48.3 Å². The maximum Gasteiger partial charge on any atom is 0.300 e. The molecule has 0 saturated heterocycles. The van der Waals surface area contributed by atoms with Crippen LogP contribution in [0.1, 0.15) is 43.9 Å². The molecule has 6 nitrogen and oxygen atoms in total. The predicted molar refractivity (Wildman–Crippen MR) is 127 cm³/mol. The number of benzene rings is 2. The zero-order chi connectivity index (χ0) is 22.6. The summed E-state index contributed by atoms with van der Waals surface area (Å²) in [5.41, 5.74) is 4.20. The van der Waals surface area contributed by atoms with Crippen LogP contribution in [0.4, 0.5) is 0 Å². The maximum atomic E-state index is 12.0. The fourth-order valence-electron chi connectivity index (χ4n) is 4.54. The van der Waals surface area contributed by atoms with E-state index in [0.29, 0.717) is 31.9 Å². The Balaban J connectivity index is 1.18. The molecule has 0 amide bonds. The summed E-state index contributed by atoms with van der Waals surface area (Å²) in [6, 6.07) is 18.6. The lowest BCUT2D eigenvalue weighted by Gasteiger charge is -2.14. The molecule has 0 bridgehead atoms. The SMILES string of the molecule is CCc1ccc(-c2ccc(OC[C@@H]3Cn4c(COC5CCCC5)cc(=O)nc4O3)cc2)cc1.